The molecule has 2 aromatic rings. The van der Waals surface area contributed by atoms with Gasteiger partial charge in [-0.15, -0.1) is 0 Å². The molecular formula is C23H31ClFN5O6S. The molecule has 2 fully saturated rings. The summed E-state index contributed by atoms with van der Waals surface area (Å²) >= 11 is 7.22. The first-order chi connectivity index (χ1) is 17.5. The van der Waals surface area contributed by atoms with E-state index in [1.165, 1.54) is 7.11 Å². The lowest BCUT2D eigenvalue weighted by molar-refractivity contribution is -0.0726. The lowest BCUT2D eigenvalue weighted by Gasteiger charge is -2.43. The van der Waals surface area contributed by atoms with Gasteiger partial charge in [0.15, 0.2) is 16.1 Å². The van der Waals surface area contributed by atoms with Crippen LogP contribution in [0.25, 0.3) is 10.9 Å². The molecule has 11 nitrogen and oxygen atoms in total. The van der Waals surface area contributed by atoms with E-state index < -0.39 is 40.4 Å². The van der Waals surface area contributed by atoms with Crippen LogP contribution in [0, 0.1) is 5.82 Å². The third kappa shape index (κ3) is 5.95. The van der Waals surface area contributed by atoms with Crippen molar-refractivity contribution in [3.63, 3.8) is 0 Å². The Morgan fingerprint density at radius 1 is 1.32 bits per heavy atom. The predicted octanol–water partition coefficient (Wildman–Crippen LogP) is 2.94. The standard InChI is InChI=1S/C23H31ClFN5O6S/c1-23(2,3)36-22(32)30-11-6-7-12(30)16(26-8-11)13(9-34-10-33-4)35-20-14-17(15(25)18(24)28-20)27-21(37-5)29-19(14)31/h11-13,16,26H,6-10H2,1-5H3,(H,27,29,31)/t11-,12+,13?,16?/m0/s1. The number of nitrogens with zero attached hydrogens (tertiary/aromatic N) is 3. The largest absolute Gasteiger partial charge is 0.469 e. The van der Waals surface area contributed by atoms with Crippen LogP contribution in [-0.4, -0.2) is 89.1 Å². The van der Waals surface area contributed by atoms with Crippen LogP contribution < -0.4 is 15.6 Å². The fourth-order valence-corrected chi connectivity index (χ4v) is 5.28. The van der Waals surface area contributed by atoms with Gasteiger partial charge in [-0.3, -0.25) is 9.69 Å². The van der Waals surface area contributed by atoms with E-state index in [0.717, 1.165) is 18.2 Å². The first kappa shape index (κ1) is 27.8. The Hall–Kier alpha value is -2.19. The number of piperazine rings is 1. The molecule has 2 unspecified atom stereocenters. The molecule has 2 bridgehead atoms. The number of ether oxygens (including phenoxy) is 4. The highest BCUT2D eigenvalue weighted by Gasteiger charge is 2.49. The molecule has 0 saturated carbocycles. The second kappa shape index (κ2) is 11.3. The molecule has 4 atom stereocenters. The maximum atomic E-state index is 14.8. The number of carbonyl (C=O) groups excluding carboxylic acids is 1. The summed E-state index contributed by atoms with van der Waals surface area (Å²) in [6, 6.07) is -0.708. The fraction of sp³-hybridized carbons (Fsp3) is 0.652. The maximum absolute atomic E-state index is 14.8. The number of carbonyl (C=O) groups is 1. The number of nitrogens with one attached hydrogen (secondary N) is 2. The number of halogens is 2. The van der Waals surface area contributed by atoms with Crippen molar-refractivity contribution >= 4 is 40.4 Å². The minimum atomic E-state index is -0.914. The lowest BCUT2D eigenvalue weighted by Crippen LogP contribution is -2.65. The Labute approximate surface area is 222 Å². The zero-order chi connectivity index (χ0) is 26.9. The Morgan fingerprint density at radius 2 is 2.08 bits per heavy atom. The highest BCUT2D eigenvalue weighted by molar-refractivity contribution is 7.98. The van der Waals surface area contributed by atoms with E-state index in [-0.39, 0.29) is 47.4 Å². The van der Waals surface area contributed by atoms with Crippen molar-refractivity contribution in [1.29, 1.82) is 0 Å². The summed E-state index contributed by atoms with van der Waals surface area (Å²) in [5.74, 6) is -1.09. The van der Waals surface area contributed by atoms with E-state index in [9.17, 15) is 14.0 Å². The Kier molecular flexibility index (Phi) is 8.48. The highest BCUT2D eigenvalue weighted by Crippen LogP contribution is 2.35. The molecule has 4 heterocycles. The molecule has 2 aliphatic rings. The van der Waals surface area contributed by atoms with Gasteiger partial charge in [0.25, 0.3) is 5.56 Å². The number of methoxy groups -OCH3 is 1. The number of H-pyrrole nitrogens is 1. The second-order valence-electron chi connectivity index (χ2n) is 9.87. The molecule has 0 aliphatic carbocycles. The van der Waals surface area contributed by atoms with Crippen LogP contribution in [0.15, 0.2) is 9.95 Å². The minimum Gasteiger partial charge on any atom is -0.469 e. The molecule has 1 amide bonds. The summed E-state index contributed by atoms with van der Waals surface area (Å²) in [4.78, 5) is 38.5. The van der Waals surface area contributed by atoms with Crippen molar-refractivity contribution in [2.45, 2.75) is 68.6 Å². The van der Waals surface area contributed by atoms with E-state index in [1.54, 1.807) is 11.2 Å². The molecule has 37 heavy (non-hydrogen) atoms. The van der Waals surface area contributed by atoms with Crippen LogP contribution >= 0.6 is 23.4 Å². The van der Waals surface area contributed by atoms with Gasteiger partial charge in [0.1, 0.15) is 29.4 Å². The van der Waals surface area contributed by atoms with Crippen LogP contribution in [-0.2, 0) is 14.2 Å². The van der Waals surface area contributed by atoms with Crippen molar-refractivity contribution in [2.24, 2.45) is 0 Å². The van der Waals surface area contributed by atoms with Gasteiger partial charge < -0.3 is 29.2 Å². The summed E-state index contributed by atoms with van der Waals surface area (Å²) in [5.41, 5.74) is -1.50. The normalized spacial score (nSPS) is 22.4. The van der Waals surface area contributed by atoms with Crippen molar-refractivity contribution in [2.75, 3.05) is 33.3 Å². The number of hydrogen-bond acceptors (Lipinski definition) is 10. The first-order valence-electron chi connectivity index (χ1n) is 11.8. The van der Waals surface area contributed by atoms with Gasteiger partial charge in [0, 0.05) is 19.7 Å². The number of aromatic amines is 1. The zero-order valence-corrected chi connectivity index (χ0v) is 22.9. The van der Waals surface area contributed by atoms with Crippen LogP contribution in [0.1, 0.15) is 33.6 Å². The predicted molar refractivity (Wildman–Crippen MR) is 136 cm³/mol. The minimum absolute atomic E-state index is 0.00672. The SMILES string of the molecule is COCOCC(Oc1nc(Cl)c(F)c2nc(SC)[nH]c(=O)c12)C1NC[C@@H]2CC[C@H]1N2C(=O)OC(C)(C)C. The maximum Gasteiger partial charge on any atom is 0.410 e. The van der Waals surface area contributed by atoms with E-state index in [0.29, 0.717) is 13.0 Å². The monoisotopic (exact) mass is 559 g/mol. The zero-order valence-electron chi connectivity index (χ0n) is 21.3. The van der Waals surface area contributed by atoms with E-state index in [2.05, 4.69) is 20.3 Å². The molecule has 14 heteroatoms. The molecular weight excluding hydrogens is 529 g/mol. The Balaban J connectivity index is 1.70. The van der Waals surface area contributed by atoms with Crippen LogP contribution in [0.3, 0.4) is 0 Å². The molecule has 0 radical (unpaired) electrons. The number of hydrogen-bond donors (Lipinski definition) is 2. The van der Waals surface area contributed by atoms with Gasteiger partial charge in [-0.05, 0) is 39.9 Å². The van der Waals surface area contributed by atoms with Gasteiger partial charge in [0.2, 0.25) is 5.88 Å². The molecule has 0 aromatic carbocycles. The number of aromatic nitrogens is 3. The summed E-state index contributed by atoms with van der Waals surface area (Å²) in [6.45, 7) is 6.00. The number of pyridine rings is 1. The number of fused-ring (bicyclic) bond motifs is 3. The number of amides is 1. The van der Waals surface area contributed by atoms with Crippen LogP contribution in [0.5, 0.6) is 5.88 Å². The van der Waals surface area contributed by atoms with Crippen molar-refractivity contribution in [3.8, 4) is 5.88 Å². The molecule has 2 N–H and O–H groups in total. The molecule has 2 aliphatic heterocycles. The average molecular weight is 560 g/mol. The lowest BCUT2D eigenvalue weighted by atomic mass is 9.99. The fourth-order valence-electron chi connectivity index (χ4n) is 4.74. The summed E-state index contributed by atoms with van der Waals surface area (Å²) in [7, 11) is 1.49. The van der Waals surface area contributed by atoms with E-state index in [1.807, 2.05) is 20.8 Å². The third-order valence-corrected chi connectivity index (χ3v) is 7.03. The third-order valence-electron chi connectivity index (χ3n) is 6.19. The van der Waals surface area contributed by atoms with Crippen LogP contribution in [0.2, 0.25) is 5.15 Å². The van der Waals surface area contributed by atoms with Crippen LogP contribution in [0.4, 0.5) is 9.18 Å². The summed E-state index contributed by atoms with van der Waals surface area (Å²) in [5, 5.41) is 3.03. The van der Waals surface area contributed by atoms with Gasteiger partial charge in [-0.1, -0.05) is 23.4 Å². The van der Waals surface area contributed by atoms with Crippen molar-refractivity contribution in [3.05, 3.63) is 21.3 Å². The van der Waals surface area contributed by atoms with Gasteiger partial charge in [-0.2, -0.15) is 4.98 Å². The Morgan fingerprint density at radius 3 is 2.76 bits per heavy atom. The Bertz CT molecular complexity index is 1210. The second-order valence-corrected chi connectivity index (χ2v) is 11.0. The highest BCUT2D eigenvalue weighted by atomic mass is 35.5. The average Bonchev–Trinajstić information content (AvgIpc) is 3.13. The molecule has 0 spiro atoms. The van der Waals surface area contributed by atoms with E-state index in [4.69, 9.17) is 30.5 Å². The summed E-state index contributed by atoms with van der Waals surface area (Å²) < 4.78 is 37.4. The van der Waals surface area contributed by atoms with E-state index >= 15 is 0 Å². The van der Waals surface area contributed by atoms with Crippen molar-refractivity contribution < 1.29 is 28.1 Å². The first-order valence-corrected chi connectivity index (χ1v) is 13.4. The number of rotatable bonds is 8. The topological polar surface area (TPSA) is 128 Å². The molecule has 2 saturated heterocycles. The van der Waals surface area contributed by atoms with Gasteiger partial charge in [-0.25, -0.2) is 14.2 Å². The smallest absolute Gasteiger partial charge is 0.410 e. The van der Waals surface area contributed by atoms with Gasteiger partial charge >= 0.3 is 6.09 Å². The molecule has 2 aromatic heterocycles. The number of thioether (sulfide) groups is 1. The molecule has 4 rings (SSSR count). The van der Waals surface area contributed by atoms with Gasteiger partial charge in [0.05, 0.1) is 18.7 Å². The molecule has 204 valence electrons. The van der Waals surface area contributed by atoms with Crippen molar-refractivity contribution in [1.82, 2.24) is 25.2 Å². The quantitative estimate of drug-likeness (QED) is 0.164. The summed E-state index contributed by atoms with van der Waals surface area (Å²) in [6.07, 6.45) is 2.06.